The van der Waals surface area contributed by atoms with E-state index in [-0.39, 0.29) is 18.7 Å². The van der Waals surface area contributed by atoms with Crippen LogP contribution in [-0.2, 0) is 4.74 Å². The first kappa shape index (κ1) is 9.28. The molecule has 2 N–H and O–H groups in total. The van der Waals surface area contributed by atoms with Crippen LogP contribution in [0.5, 0.6) is 0 Å². The summed E-state index contributed by atoms with van der Waals surface area (Å²) in [7, 11) is 1.55. The van der Waals surface area contributed by atoms with Crippen molar-refractivity contribution >= 4 is 6.03 Å². The van der Waals surface area contributed by atoms with Gasteiger partial charge in [-0.25, -0.2) is 4.79 Å². The molecule has 0 aromatic rings. The Labute approximate surface area is 71.3 Å². The van der Waals surface area contributed by atoms with Crippen LogP contribution in [0, 0.1) is 0 Å². The Bertz CT molecular complexity index is 163. The van der Waals surface area contributed by atoms with Crippen molar-refractivity contribution in [3.05, 3.63) is 0 Å². The Morgan fingerprint density at radius 1 is 1.83 bits per heavy atom. The zero-order chi connectivity index (χ0) is 8.97. The number of hydrogen-bond donors (Lipinski definition) is 2. The van der Waals surface area contributed by atoms with Gasteiger partial charge in [-0.3, -0.25) is 0 Å². The topological polar surface area (TPSA) is 61.8 Å². The van der Waals surface area contributed by atoms with E-state index in [1.165, 1.54) is 0 Å². The minimum Gasteiger partial charge on any atom is -0.394 e. The zero-order valence-electron chi connectivity index (χ0n) is 7.12. The van der Waals surface area contributed by atoms with Crippen LogP contribution >= 0.6 is 0 Å². The number of hydrogen-bond acceptors (Lipinski definition) is 3. The second kappa shape index (κ2) is 4.27. The molecule has 0 aliphatic carbocycles. The molecule has 1 heterocycles. The molecule has 1 atom stereocenters. The lowest BCUT2D eigenvalue weighted by atomic mass is 10.3. The van der Waals surface area contributed by atoms with Gasteiger partial charge in [0.15, 0.2) is 0 Å². The molecule has 5 nitrogen and oxygen atoms in total. The number of rotatable bonds is 4. The molecule has 0 spiro atoms. The predicted molar refractivity (Wildman–Crippen MR) is 42.9 cm³/mol. The molecule has 1 aliphatic rings. The van der Waals surface area contributed by atoms with Crippen LogP contribution in [-0.4, -0.2) is 55.5 Å². The Hall–Kier alpha value is -0.810. The van der Waals surface area contributed by atoms with Crippen LogP contribution in [0.2, 0.25) is 0 Å². The number of nitrogens with one attached hydrogen (secondary N) is 1. The maximum Gasteiger partial charge on any atom is 0.317 e. The fourth-order valence-electron chi connectivity index (χ4n) is 1.27. The van der Waals surface area contributed by atoms with Crippen molar-refractivity contribution in [3.8, 4) is 0 Å². The van der Waals surface area contributed by atoms with Crippen molar-refractivity contribution in [3.63, 3.8) is 0 Å². The van der Waals surface area contributed by atoms with E-state index < -0.39 is 0 Å². The van der Waals surface area contributed by atoms with E-state index in [1.807, 2.05) is 0 Å². The number of carbonyl (C=O) groups excluding carboxylic acids is 1. The lowest BCUT2D eigenvalue weighted by molar-refractivity contribution is 0.0790. The summed E-state index contributed by atoms with van der Waals surface area (Å²) in [6.45, 7) is 1.62. The van der Waals surface area contributed by atoms with Crippen LogP contribution in [0.3, 0.4) is 0 Å². The molecule has 0 bridgehead atoms. The van der Waals surface area contributed by atoms with Gasteiger partial charge >= 0.3 is 6.03 Å². The van der Waals surface area contributed by atoms with E-state index >= 15 is 0 Å². The summed E-state index contributed by atoms with van der Waals surface area (Å²) in [6.07, 6.45) is 0. The van der Waals surface area contributed by atoms with Gasteiger partial charge in [0.2, 0.25) is 0 Å². The molecule has 1 rings (SSSR count). The van der Waals surface area contributed by atoms with Crippen molar-refractivity contribution in [1.82, 2.24) is 10.2 Å². The summed E-state index contributed by atoms with van der Waals surface area (Å²) >= 11 is 0. The predicted octanol–water partition coefficient (Wildman–Crippen LogP) is -0.981. The Morgan fingerprint density at radius 3 is 3.00 bits per heavy atom. The standard InChI is InChI=1S/C7H14N2O3/c1-12-5-6(4-10)9-3-2-8-7(9)11/h6,10H,2-5H2,1H3,(H,8,11). The van der Waals surface area contributed by atoms with E-state index in [2.05, 4.69) is 5.32 Å². The van der Waals surface area contributed by atoms with Crippen molar-refractivity contribution in [2.45, 2.75) is 6.04 Å². The number of amides is 2. The highest BCUT2D eigenvalue weighted by Gasteiger charge is 2.26. The highest BCUT2D eigenvalue weighted by molar-refractivity contribution is 5.76. The number of methoxy groups -OCH3 is 1. The maximum atomic E-state index is 11.1. The molecule has 1 fully saturated rings. The van der Waals surface area contributed by atoms with Gasteiger partial charge in [-0.05, 0) is 0 Å². The molecule has 0 aromatic heterocycles. The summed E-state index contributed by atoms with van der Waals surface area (Å²) in [5.41, 5.74) is 0. The Kier molecular flexibility index (Phi) is 3.31. The van der Waals surface area contributed by atoms with Crippen LogP contribution in [0.1, 0.15) is 0 Å². The number of aliphatic hydroxyl groups is 1. The van der Waals surface area contributed by atoms with Crippen molar-refractivity contribution in [2.75, 3.05) is 33.4 Å². The van der Waals surface area contributed by atoms with Crippen molar-refractivity contribution in [1.29, 1.82) is 0 Å². The first-order chi connectivity index (χ1) is 5.79. The molecule has 0 saturated carbocycles. The van der Waals surface area contributed by atoms with E-state index in [0.29, 0.717) is 19.7 Å². The van der Waals surface area contributed by atoms with Gasteiger partial charge in [0, 0.05) is 20.2 Å². The third-order valence-electron chi connectivity index (χ3n) is 1.90. The monoisotopic (exact) mass is 174 g/mol. The molecule has 12 heavy (non-hydrogen) atoms. The third kappa shape index (κ3) is 1.86. The van der Waals surface area contributed by atoms with Gasteiger partial charge in [0.1, 0.15) is 0 Å². The smallest absolute Gasteiger partial charge is 0.317 e. The second-order valence-electron chi connectivity index (χ2n) is 2.72. The van der Waals surface area contributed by atoms with Crippen molar-refractivity contribution < 1.29 is 14.6 Å². The minimum atomic E-state index is -0.211. The molecular formula is C7H14N2O3. The number of carbonyl (C=O) groups is 1. The molecule has 1 saturated heterocycles. The fraction of sp³-hybridized carbons (Fsp3) is 0.857. The van der Waals surface area contributed by atoms with Gasteiger partial charge in [0.05, 0.1) is 19.3 Å². The quantitative estimate of drug-likeness (QED) is 0.576. The van der Waals surface area contributed by atoms with Gasteiger partial charge in [-0.15, -0.1) is 0 Å². The van der Waals surface area contributed by atoms with E-state index in [0.717, 1.165) is 0 Å². The molecule has 1 aliphatic heterocycles. The van der Waals surface area contributed by atoms with E-state index in [9.17, 15) is 4.79 Å². The molecule has 0 aromatic carbocycles. The summed E-state index contributed by atoms with van der Waals surface area (Å²) < 4.78 is 4.87. The van der Waals surface area contributed by atoms with Crippen LogP contribution < -0.4 is 5.32 Å². The number of ether oxygens (including phenoxy) is 1. The fourth-order valence-corrected chi connectivity index (χ4v) is 1.27. The molecule has 2 amide bonds. The van der Waals surface area contributed by atoms with Crippen LogP contribution in [0.4, 0.5) is 4.79 Å². The maximum absolute atomic E-state index is 11.1. The Morgan fingerprint density at radius 2 is 2.58 bits per heavy atom. The highest BCUT2D eigenvalue weighted by Crippen LogP contribution is 2.03. The summed E-state index contributed by atoms with van der Waals surface area (Å²) in [5, 5.41) is 11.6. The Balaban J connectivity index is 2.46. The molecule has 70 valence electrons. The zero-order valence-corrected chi connectivity index (χ0v) is 7.12. The first-order valence-corrected chi connectivity index (χ1v) is 3.94. The van der Waals surface area contributed by atoms with Crippen LogP contribution in [0.25, 0.3) is 0 Å². The molecule has 1 unspecified atom stereocenters. The SMILES string of the molecule is COCC(CO)N1CCNC1=O. The van der Waals surface area contributed by atoms with Crippen LogP contribution in [0.15, 0.2) is 0 Å². The average molecular weight is 174 g/mol. The summed E-state index contributed by atoms with van der Waals surface area (Å²) in [5.74, 6) is 0. The molecule has 0 radical (unpaired) electrons. The van der Waals surface area contributed by atoms with E-state index in [4.69, 9.17) is 9.84 Å². The number of urea groups is 1. The highest BCUT2D eigenvalue weighted by atomic mass is 16.5. The van der Waals surface area contributed by atoms with Gasteiger partial charge in [0.25, 0.3) is 0 Å². The first-order valence-electron chi connectivity index (χ1n) is 3.94. The minimum absolute atomic E-state index is 0.0543. The average Bonchev–Trinajstić information content (AvgIpc) is 2.47. The number of nitrogens with zero attached hydrogens (tertiary/aromatic N) is 1. The lowest BCUT2D eigenvalue weighted by Gasteiger charge is -2.23. The lowest BCUT2D eigenvalue weighted by Crippen LogP contribution is -2.43. The van der Waals surface area contributed by atoms with Gasteiger partial charge in [-0.1, -0.05) is 0 Å². The van der Waals surface area contributed by atoms with E-state index in [1.54, 1.807) is 12.0 Å². The molecular weight excluding hydrogens is 160 g/mol. The van der Waals surface area contributed by atoms with Crippen molar-refractivity contribution in [2.24, 2.45) is 0 Å². The molecule has 5 heteroatoms. The largest absolute Gasteiger partial charge is 0.394 e. The normalized spacial score (nSPS) is 19.5. The number of aliphatic hydroxyl groups excluding tert-OH is 1. The van der Waals surface area contributed by atoms with Gasteiger partial charge in [-0.2, -0.15) is 0 Å². The second-order valence-corrected chi connectivity index (χ2v) is 2.72. The summed E-state index contributed by atoms with van der Waals surface area (Å²) in [4.78, 5) is 12.7. The summed E-state index contributed by atoms with van der Waals surface area (Å²) in [6, 6.07) is -0.330. The third-order valence-corrected chi connectivity index (χ3v) is 1.90. The van der Waals surface area contributed by atoms with Gasteiger partial charge < -0.3 is 20.1 Å².